The van der Waals surface area contributed by atoms with Crippen LogP contribution in [0, 0.1) is 23.2 Å². The molecule has 0 aromatic heterocycles. The van der Waals surface area contributed by atoms with Crippen LogP contribution in [0.5, 0.6) is 0 Å². The summed E-state index contributed by atoms with van der Waals surface area (Å²) >= 11 is 0. The normalized spacial score (nSPS) is 36.5. The van der Waals surface area contributed by atoms with Crippen LogP contribution in [0.25, 0.3) is 0 Å². The molecular weight excluding hydrogens is 266 g/mol. The van der Waals surface area contributed by atoms with E-state index in [-0.39, 0.29) is 17.3 Å². The number of aliphatic imine (C=N–C) groups is 1. The van der Waals surface area contributed by atoms with Crippen molar-refractivity contribution in [1.29, 1.82) is 0 Å². The van der Waals surface area contributed by atoms with Gasteiger partial charge in [0, 0.05) is 6.54 Å². The van der Waals surface area contributed by atoms with Crippen molar-refractivity contribution in [2.24, 2.45) is 39.6 Å². The van der Waals surface area contributed by atoms with E-state index in [0.29, 0.717) is 13.2 Å². The summed E-state index contributed by atoms with van der Waals surface area (Å²) in [4.78, 5) is 16.5. The molecule has 4 fully saturated rings. The lowest BCUT2D eigenvalue weighted by molar-refractivity contribution is -0.171. The van der Waals surface area contributed by atoms with Crippen molar-refractivity contribution in [3.05, 3.63) is 0 Å². The monoisotopic (exact) mass is 293 g/mol. The highest BCUT2D eigenvalue weighted by Gasteiger charge is 2.55. The van der Waals surface area contributed by atoms with E-state index in [1.54, 1.807) is 0 Å². The second-order valence-electron chi connectivity index (χ2n) is 7.35. The Hall–Kier alpha value is -1.26. The van der Waals surface area contributed by atoms with Crippen LogP contribution in [0.1, 0.15) is 51.4 Å². The highest BCUT2D eigenvalue weighted by atomic mass is 16.5. The van der Waals surface area contributed by atoms with Gasteiger partial charge in [-0.15, -0.1) is 0 Å². The van der Waals surface area contributed by atoms with E-state index < -0.39 is 0 Å². The molecule has 0 unspecified atom stereocenters. The predicted octanol–water partition coefficient (Wildman–Crippen LogP) is 1.80. The number of ether oxygens (including phenoxy) is 1. The second kappa shape index (κ2) is 5.85. The molecule has 4 rings (SSSR count). The molecule has 0 aromatic rings. The molecule has 0 spiro atoms. The number of unbranched alkanes of at least 4 members (excludes halogenated alkanes) is 1. The van der Waals surface area contributed by atoms with Crippen molar-refractivity contribution in [2.75, 3.05) is 13.2 Å². The van der Waals surface area contributed by atoms with Crippen molar-refractivity contribution in [2.45, 2.75) is 51.4 Å². The zero-order valence-corrected chi connectivity index (χ0v) is 12.7. The number of rotatable bonds is 6. The van der Waals surface area contributed by atoms with Crippen molar-refractivity contribution in [3.63, 3.8) is 0 Å². The molecule has 4 N–H and O–H groups in total. The maximum absolute atomic E-state index is 12.5. The molecule has 5 nitrogen and oxygen atoms in total. The average Bonchev–Trinajstić information content (AvgIpc) is 2.40. The molecular formula is C16H27N3O2. The SMILES string of the molecule is NC(N)=NCCCCOC(=O)C12CC3CC(CC(C3)C1)C2. The number of esters is 1. The Morgan fingerprint density at radius 3 is 2.14 bits per heavy atom. The Balaban J connectivity index is 1.44. The fourth-order valence-electron chi connectivity index (χ4n) is 5.10. The van der Waals surface area contributed by atoms with Crippen LogP contribution in [0.3, 0.4) is 0 Å². The largest absolute Gasteiger partial charge is 0.465 e. The van der Waals surface area contributed by atoms with Gasteiger partial charge in [0.2, 0.25) is 0 Å². The summed E-state index contributed by atoms with van der Waals surface area (Å²) in [6.45, 7) is 1.11. The van der Waals surface area contributed by atoms with Gasteiger partial charge < -0.3 is 16.2 Å². The summed E-state index contributed by atoms with van der Waals surface area (Å²) in [7, 11) is 0. The smallest absolute Gasteiger partial charge is 0.312 e. The summed E-state index contributed by atoms with van der Waals surface area (Å²) in [6, 6.07) is 0. The van der Waals surface area contributed by atoms with Crippen LogP contribution in [-0.2, 0) is 9.53 Å². The molecule has 118 valence electrons. The fourth-order valence-corrected chi connectivity index (χ4v) is 5.10. The molecule has 0 atom stereocenters. The molecule has 0 saturated heterocycles. The molecule has 0 heterocycles. The van der Waals surface area contributed by atoms with Gasteiger partial charge in [-0.05, 0) is 69.1 Å². The Morgan fingerprint density at radius 1 is 1.05 bits per heavy atom. The summed E-state index contributed by atoms with van der Waals surface area (Å²) in [5.74, 6) is 2.55. The Labute approximate surface area is 126 Å². The van der Waals surface area contributed by atoms with E-state index in [9.17, 15) is 4.79 Å². The third kappa shape index (κ3) is 3.16. The van der Waals surface area contributed by atoms with Gasteiger partial charge in [-0.1, -0.05) is 0 Å². The lowest BCUT2D eigenvalue weighted by atomic mass is 9.49. The van der Waals surface area contributed by atoms with Gasteiger partial charge in [-0.3, -0.25) is 9.79 Å². The Kier molecular flexibility index (Phi) is 4.09. The van der Waals surface area contributed by atoms with Crippen LogP contribution in [0.15, 0.2) is 4.99 Å². The lowest BCUT2D eigenvalue weighted by Crippen LogP contribution is -2.50. The number of nitrogens with zero attached hydrogens (tertiary/aromatic N) is 1. The zero-order valence-electron chi connectivity index (χ0n) is 12.7. The van der Waals surface area contributed by atoms with Crippen LogP contribution in [-0.4, -0.2) is 25.1 Å². The van der Waals surface area contributed by atoms with Gasteiger partial charge >= 0.3 is 5.97 Å². The van der Waals surface area contributed by atoms with Crippen LogP contribution in [0.4, 0.5) is 0 Å². The first kappa shape index (κ1) is 14.7. The minimum Gasteiger partial charge on any atom is -0.465 e. The topological polar surface area (TPSA) is 90.7 Å². The molecule has 0 amide bonds. The maximum atomic E-state index is 12.5. The number of nitrogens with two attached hydrogens (primary N) is 2. The summed E-state index contributed by atoms with van der Waals surface area (Å²) < 4.78 is 5.58. The molecule has 0 aliphatic heterocycles. The molecule has 0 radical (unpaired) electrons. The minimum absolute atomic E-state index is 0.0726. The van der Waals surface area contributed by atoms with Crippen molar-refractivity contribution in [1.82, 2.24) is 0 Å². The Morgan fingerprint density at radius 2 is 1.62 bits per heavy atom. The van der Waals surface area contributed by atoms with E-state index >= 15 is 0 Å². The van der Waals surface area contributed by atoms with Crippen molar-refractivity contribution in [3.8, 4) is 0 Å². The second-order valence-corrected chi connectivity index (χ2v) is 7.35. The number of carbonyl (C=O) groups excluding carboxylic acids is 1. The first-order chi connectivity index (χ1) is 10.1. The minimum atomic E-state index is -0.130. The van der Waals surface area contributed by atoms with E-state index in [0.717, 1.165) is 49.9 Å². The van der Waals surface area contributed by atoms with Gasteiger partial charge in [0.15, 0.2) is 5.96 Å². The quantitative estimate of drug-likeness (QED) is 0.338. The Bertz CT molecular complexity index is 394. The molecule has 4 aliphatic carbocycles. The molecule has 5 heteroatoms. The number of guanidine groups is 1. The van der Waals surface area contributed by atoms with E-state index in [1.807, 2.05) is 0 Å². The zero-order chi connectivity index (χ0) is 14.9. The van der Waals surface area contributed by atoms with E-state index in [2.05, 4.69) is 4.99 Å². The van der Waals surface area contributed by atoms with Gasteiger partial charge in [-0.25, -0.2) is 0 Å². The standard InChI is InChI=1S/C16H27N3O2/c17-15(18)19-3-1-2-4-21-14(20)16-8-11-5-12(9-16)7-13(6-11)10-16/h11-13H,1-10H2,(H4,17,18,19). The van der Waals surface area contributed by atoms with Gasteiger partial charge in [0.1, 0.15) is 0 Å². The van der Waals surface area contributed by atoms with Crippen molar-refractivity contribution >= 4 is 11.9 Å². The number of carbonyl (C=O) groups is 1. The molecule has 21 heavy (non-hydrogen) atoms. The van der Waals surface area contributed by atoms with Gasteiger partial charge in [0.25, 0.3) is 0 Å². The fraction of sp³-hybridized carbons (Fsp3) is 0.875. The third-order valence-corrected chi connectivity index (χ3v) is 5.55. The van der Waals surface area contributed by atoms with Crippen LogP contribution >= 0.6 is 0 Å². The highest BCUT2D eigenvalue weighted by molar-refractivity contribution is 5.77. The molecule has 0 aromatic carbocycles. The van der Waals surface area contributed by atoms with E-state index in [1.165, 1.54) is 19.3 Å². The first-order valence-electron chi connectivity index (χ1n) is 8.30. The first-order valence-corrected chi connectivity index (χ1v) is 8.30. The molecule has 4 bridgehead atoms. The molecule has 4 aliphatic rings. The summed E-state index contributed by atoms with van der Waals surface area (Å²) in [5.41, 5.74) is 10.4. The van der Waals surface area contributed by atoms with E-state index in [4.69, 9.17) is 16.2 Å². The maximum Gasteiger partial charge on any atom is 0.312 e. The third-order valence-electron chi connectivity index (χ3n) is 5.55. The van der Waals surface area contributed by atoms with Gasteiger partial charge in [0.05, 0.1) is 12.0 Å². The lowest BCUT2D eigenvalue weighted by Gasteiger charge is -2.55. The highest BCUT2D eigenvalue weighted by Crippen LogP contribution is 2.60. The number of hydrogen-bond donors (Lipinski definition) is 2. The average molecular weight is 293 g/mol. The molecule has 4 saturated carbocycles. The van der Waals surface area contributed by atoms with Crippen LogP contribution in [0.2, 0.25) is 0 Å². The predicted molar refractivity (Wildman–Crippen MR) is 81.5 cm³/mol. The summed E-state index contributed by atoms with van der Waals surface area (Å²) in [6.07, 6.45) is 8.96. The summed E-state index contributed by atoms with van der Waals surface area (Å²) in [5, 5.41) is 0. The van der Waals surface area contributed by atoms with Crippen molar-refractivity contribution < 1.29 is 9.53 Å². The number of hydrogen-bond acceptors (Lipinski definition) is 3. The van der Waals surface area contributed by atoms with Gasteiger partial charge in [-0.2, -0.15) is 0 Å². The van der Waals surface area contributed by atoms with Crippen LogP contribution < -0.4 is 11.5 Å².